The van der Waals surface area contributed by atoms with Crippen molar-refractivity contribution in [3.8, 4) is 5.75 Å². The molecular weight excluding hydrogens is 289 g/mol. The van der Waals surface area contributed by atoms with Gasteiger partial charge in [-0.2, -0.15) is 0 Å². The van der Waals surface area contributed by atoms with E-state index in [0.717, 1.165) is 0 Å². The van der Waals surface area contributed by atoms with Gasteiger partial charge >= 0.3 is 0 Å². The van der Waals surface area contributed by atoms with Crippen molar-refractivity contribution in [1.82, 2.24) is 10.3 Å². The molecule has 1 amide bonds. The number of nitrogens with two attached hydrogens (primary N) is 1. The predicted octanol–water partition coefficient (Wildman–Crippen LogP) is 1.16. The summed E-state index contributed by atoms with van der Waals surface area (Å²) in [5.74, 6) is 1.04. The van der Waals surface area contributed by atoms with Gasteiger partial charge in [-0.05, 0) is 30.9 Å². The molecule has 1 aliphatic rings. The Balaban J connectivity index is 0.00000162. The van der Waals surface area contributed by atoms with Crippen LogP contribution in [0.1, 0.15) is 12.8 Å². The van der Waals surface area contributed by atoms with Gasteiger partial charge in [0.25, 0.3) is 5.91 Å². The number of pyridine rings is 1. The second-order valence-corrected chi connectivity index (χ2v) is 4.28. The normalized spacial score (nSPS) is 14.6. The number of carbonyl (C=O) groups excluding carboxylic acids is 1. The summed E-state index contributed by atoms with van der Waals surface area (Å²) in [7, 11) is 0. The number of halogens is 2. The lowest BCUT2D eigenvalue weighted by Crippen LogP contribution is -2.40. The molecular formula is C12H19Cl2N3O2. The number of hydrogen-bond acceptors (Lipinski definition) is 4. The van der Waals surface area contributed by atoms with Crippen molar-refractivity contribution >= 4 is 30.7 Å². The lowest BCUT2D eigenvalue weighted by molar-refractivity contribution is -0.123. The largest absolute Gasteiger partial charge is 0.482 e. The highest BCUT2D eigenvalue weighted by Crippen LogP contribution is 2.31. The highest BCUT2D eigenvalue weighted by atomic mass is 35.5. The molecule has 5 nitrogen and oxygen atoms in total. The number of nitrogens with zero attached hydrogens (tertiary/aromatic N) is 1. The molecule has 7 heteroatoms. The first-order valence-electron chi connectivity index (χ1n) is 5.81. The molecule has 108 valence electrons. The van der Waals surface area contributed by atoms with Crippen molar-refractivity contribution in [2.75, 3.05) is 13.2 Å². The minimum absolute atomic E-state index is 0. The maximum atomic E-state index is 11.5. The molecule has 1 fully saturated rings. The van der Waals surface area contributed by atoms with Crippen LogP contribution >= 0.6 is 24.8 Å². The highest BCUT2D eigenvalue weighted by Gasteiger charge is 2.28. The fourth-order valence-electron chi connectivity index (χ4n) is 1.56. The number of hydrogen-bond donors (Lipinski definition) is 2. The Bertz CT molecular complexity index is 374. The summed E-state index contributed by atoms with van der Waals surface area (Å²) in [5, 5.41) is 2.76. The molecule has 0 radical (unpaired) electrons. The zero-order chi connectivity index (χ0) is 12.1. The summed E-state index contributed by atoms with van der Waals surface area (Å²) in [6.45, 7) is 0.531. The van der Waals surface area contributed by atoms with Crippen LogP contribution < -0.4 is 15.8 Å². The molecule has 19 heavy (non-hydrogen) atoms. The molecule has 0 spiro atoms. The van der Waals surface area contributed by atoms with Gasteiger partial charge in [-0.15, -0.1) is 24.8 Å². The van der Waals surface area contributed by atoms with Crippen LogP contribution in [0.5, 0.6) is 5.75 Å². The van der Waals surface area contributed by atoms with E-state index in [1.165, 1.54) is 12.8 Å². The van der Waals surface area contributed by atoms with Crippen LogP contribution in [0, 0.1) is 5.92 Å². The van der Waals surface area contributed by atoms with E-state index in [1.807, 2.05) is 0 Å². The van der Waals surface area contributed by atoms with Crippen LogP contribution in [0.3, 0.4) is 0 Å². The van der Waals surface area contributed by atoms with E-state index < -0.39 is 0 Å². The summed E-state index contributed by atoms with van der Waals surface area (Å²) in [6, 6.07) is 3.60. The second-order valence-electron chi connectivity index (χ2n) is 4.28. The number of nitrogens with one attached hydrogen (secondary N) is 1. The maximum Gasteiger partial charge on any atom is 0.257 e. The zero-order valence-corrected chi connectivity index (χ0v) is 12.1. The van der Waals surface area contributed by atoms with Gasteiger partial charge in [0.2, 0.25) is 0 Å². The Morgan fingerprint density at radius 1 is 1.53 bits per heavy atom. The lowest BCUT2D eigenvalue weighted by Gasteiger charge is -2.11. The first-order chi connectivity index (χ1) is 8.25. The number of carbonyl (C=O) groups is 1. The monoisotopic (exact) mass is 307 g/mol. The number of rotatable bonds is 6. The minimum atomic E-state index is -0.148. The van der Waals surface area contributed by atoms with Crippen LogP contribution in [0.2, 0.25) is 0 Å². The zero-order valence-electron chi connectivity index (χ0n) is 10.5. The van der Waals surface area contributed by atoms with Crippen molar-refractivity contribution in [1.29, 1.82) is 0 Å². The molecule has 1 saturated carbocycles. The molecule has 1 unspecified atom stereocenters. The quantitative estimate of drug-likeness (QED) is 0.827. The Labute approximate surface area is 125 Å². The Morgan fingerprint density at radius 2 is 2.26 bits per heavy atom. The summed E-state index contributed by atoms with van der Waals surface area (Å²) in [6.07, 6.45) is 5.59. The molecule has 0 aromatic carbocycles. The van der Waals surface area contributed by atoms with Gasteiger partial charge in [0, 0.05) is 18.8 Å². The summed E-state index contributed by atoms with van der Waals surface area (Å²) >= 11 is 0. The maximum absolute atomic E-state index is 11.5. The van der Waals surface area contributed by atoms with Crippen LogP contribution in [0.15, 0.2) is 24.5 Å². The molecule has 1 aliphatic carbocycles. The molecule has 1 aromatic heterocycles. The Hall–Kier alpha value is -1.04. The fourth-order valence-corrected chi connectivity index (χ4v) is 1.56. The van der Waals surface area contributed by atoms with E-state index in [9.17, 15) is 4.79 Å². The molecule has 2 rings (SSSR count). The van der Waals surface area contributed by atoms with Gasteiger partial charge in [0.1, 0.15) is 5.75 Å². The van der Waals surface area contributed by atoms with Crippen molar-refractivity contribution in [3.05, 3.63) is 24.5 Å². The number of amides is 1. The van der Waals surface area contributed by atoms with Gasteiger partial charge in [-0.3, -0.25) is 9.78 Å². The summed E-state index contributed by atoms with van der Waals surface area (Å²) in [4.78, 5) is 15.3. The second kappa shape index (κ2) is 8.96. The molecule has 0 aliphatic heterocycles. The van der Waals surface area contributed by atoms with Gasteiger partial charge < -0.3 is 15.8 Å². The molecule has 0 saturated heterocycles. The van der Waals surface area contributed by atoms with E-state index in [4.69, 9.17) is 10.5 Å². The smallest absolute Gasteiger partial charge is 0.257 e. The fraction of sp³-hybridized carbons (Fsp3) is 0.500. The van der Waals surface area contributed by atoms with Crippen molar-refractivity contribution in [3.63, 3.8) is 0 Å². The molecule has 1 aromatic rings. The topological polar surface area (TPSA) is 77.2 Å². The molecule has 3 N–H and O–H groups in total. The van der Waals surface area contributed by atoms with Crippen LogP contribution in [0.25, 0.3) is 0 Å². The van der Waals surface area contributed by atoms with Gasteiger partial charge in [0.15, 0.2) is 6.61 Å². The lowest BCUT2D eigenvalue weighted by atomic mass is 10.2. The molecule has 0 bridgehead atoms. The van der Waals surface area contributed by atoms with E-state index in [0.29, 0.717) is 18.2 Å². The molecule has 1 atom stereocenters. The van der Waals surface area contributed by atoms with Crippen molar-refractivity contribution in [2.24, 2.45) is 11.7 Å². The van der Waals surface area contributed by atoms with Crippen molar-refractivity contribution < 1.29 is 9.53 Å². The SMILES string of the molecule is Cl.Cl.NC(CNC(=O)COc1cccnc1)C1CC1. The third-order valence-corrected chi connectivity index (χ3v) is 2.77. The van der Waals surface area contributed by atoms with E-state index in [2.05, 4.69) is 10.3 Å². The highest BCUT2D eigenvalue weighted by molar-refractivity contribution is 5.85. The third kappa shape index (κ3) is 6.61. The van der Waals surface area contributed by atoms with E-state index in [-0.39, 0.29) is 43.4 Å². The average molecular weight is 308 g/mol. The van der Waals surface area contributed by atoms with Crippen molar-refractivity contribution in [2.45, 2.75) is 18.9 Å². The van der Waals surface area contributed by atoms with Gasteiger partial charge in [-0.1, -0.05) is 0 Å². The van der Waals surface area contributed by atoms with Gasteiger partial charge in [0.05, 0.1) is 6.20 Å². The predicted molar refractivity (Wildman–Crippen MR) is 77.9 cm³/mol. The van der Waals surface area contributed by atoms with E-state index in [1.54, 1.807) is 24.5 Å². The Kier molecular flexibility index (Phi) is 8.47. The van der Waals surface area contributed by atoms with E-state index >= 15 is 0 Å². The summed E-state index contributed by atoms with van der Waals surface area (Å²) in [5.41, 5.74) is 5.87. The minimum Gasteiger partial charge on any atom is -0.482 e. The van der Waals surface area contributed by atoms with Crippen LogP contribution in [-0.2, 0) is 4.79 Å². The standard InChI is InChI=1S/C12H17N3O2.2ClH/c13-11(9-3-4-9)7-15-12(16)8-17-10-2-1-5-14-6-10;;/h1-2,5-6,9,11H,3-4,7-8,13H2,(H,15,16);2*1H. The third-order valence-electron chi connectivity index (χ3n) is 2.77. The van der Waals surface area contributed by atoms with Gasteiger partial charge in [-0.25, -0.2) is 0 Å². The Morgan fingerprint density at radius 3 is 2.84 bits per heavy atom. The average Bonchev–Trinajstić information content (AvgIpc) is 3.19. The first kappa shape index (κ1) is 18.0. The number of ether oxygens (including phenoxy) is 1. The first-order valence-corrected chi connectivity index (χ1v) is 5.81. The molecule has 1 heterocycles. The summed E-state index contributed by atoms with van der Waals surface area (Å²) < 4.78 is 5.26. The number of aromatic nitrogens is 1. The van der Waals surface area contributed by atoms with Crippen LogP contribution in [-0.4, -0.2) is 30.1 Å². The van der Waals surface area contributed by atoms with Crippen LogP contribution in [0.4, 0.5) is 0 Å².